The third kappa shape index (κ3) is 3.23. The average Bonchev–Trinajstić information content (AvgIpc) is 2.90. The average molecular weight is 254 g/mol. The first-order valence-electron chi connectivity index (χ1n) is 7.21. The van der Waals surface area contributed by atoms with Crippen LogP contribution in [-0.2, 0) is 9.53 Å². The van der Waals surface area contributed by atoms with Gasteiger partial charge in [-0.3, -0.25) is 4.79 Å². The summed E-state index contributed by atoms with van der Waals surface area (Å²) >= 11 is 0. The van der Waals surface area contributed by atoms with E-state index in [9.17, 15) is 4.79 Å². The summed E-state index contributed by atoms with van der Waals surface area (Å²) in [5.74, 6) is 0.613. The molecule has 0 saturated carbocycles. The molecule has 0 aliphatic carbocycles. The van der Waals surface area contributed by atoms with Crippen molar-refractivity contribution < 1.29 is 9.53 Å². The Morgan fingerprint density at radius 3 is 2.83 bits per heavy atom. The fourth-order valence-corrected chi connectivity index (χ4v) is 2.89. The number of carbonyl (C=O) groups is 1. The zero-order valence-corrected chi connectivity index (χ0v) is 11.6. The smallest absolute Gasteiger partial charge is 0.226 e. The van der Waals surface area contributed by atoms with Crippen molar-refractivity contribution in [1.29, 1.82) is 0 Å². The van der Waals surface area contributed by atoms with Gasteiger partial charge < -0.3 is 15.4 Å². The molecule has 2 aliphatic rings. The number of rotatable bonds is 4. The van der Waals surface area contributed by atoms with Gasteiger partial charge >= 0.3 is 0 Å². The van der Waals surface area contributed by atoms with Crippen LogP contribution in [0, 0.1) is 11.3 Å². The normalized spacial score (nSPS) is 29.2. The second-order valence-electron chi connectivity index (χ2n) is 6.11. The molecule has 0 aromatic carbocycles. The van der Waals surface area contributed by atoms with Gasteiger partial charge in [-0.25, -0.2) is 0 Å². The largest absolute Gasteiger partial charge is 0.376 e. The fourth-order valence-electron chi connectivity index (χ4n) is 2.89. The summed E-state index contributed by atoms with van der Waals surface area (Å²) in [7, 11) is 0. The van der Waals surface area contributed by atoms with Gasteiger partial charge in [-0.1, -0.05) is 13.8 Å². The molecular weight excluding hydrogens is 228 g/mol. The molecule has 2 saturated heterocycles. The topological polar surface area (TPSA) is 50.4 Å². The van der Waals surface area contributed by atoms with E-state index in [0.717, 1.165) is 39.0 Å². The summed E-state index contributed by atoms with van der Waals surface area (Å²) in [6.07, 6.45) is 4.75. The van der Waals surface area contributed by atoms with Gasteiger partial charge in [-0.15, -0.1) is 0 Å². The van der Waals surface area contributed by atoms with Crippen LogP contribution < -0.4 is 10.6 Å². The maximum atomic E-state index is 12.3. The predicted molar refractivity (Wildman–Crippen MR) is 71.4 cm³/mol. The van der Waals surface area contributed by atoms with E-state index in [-0.39, 0.29) is 17.4 Å². The first-order valence-corrected chi connectivity index (χ1v) is 7.21. The molecule has 2 fully saturated rings. The van der Waals surface area contributed by atoms with E-state index in [1.165, 1.54) is 6.42 Å². The summed E-state index contributed by atoms with van der Waals surface area (Å²) in [6.45, 7) is 7.69. The molecule has 4 nitrogen and oxygen atoms in total. The van der Waals surface area contributed by atoms with E-state index < -0.39 is 0 Å². The van der Waals surface area contributed by atoms with E-state index in [1.807, 2.05) is 0 Å². The van der Waals surface area contributed by atoms with E-state index in [2.05, 4.69) is 24.5 Å². The van der Waals surface area contributed by atoms with Crippen LogP contribution in [0.15, 0.2) is 0 Å². The molecule has 1 amide bonds. The minimum Gasteiger partial charge on any atom is -0.376 e. The van der Waals surface area contributed by atoms with Crippen molar-refractivity contribution >= 4 is 5.91 Å². The monoisotopic (exact) mass is 254 g/mol. The molecule has 0 spiro atoms. The third-order valence-corrected chi connectivity index (χ3v) is 4.42. The number of piperidine rings is 1. The lowest BCUT2D eigenvalue weighted by Crippen LogP contribution is -2.48. The van der Waals surface area contributed by atoms with Crippen molar-refractivity contribution in [2.24, 2.45) is 11.3 Å². The standard InChI is InChI=1S/C14H26N2O2/c1-14(2,11-5-3-7-15-9-11)13(17)16-10-12-6-4-8-18-12/h11-12,15H,3-10H2,1-2H3,(H,16,17). The maximum absolute atomic E-state index is 12.3. The van der Waals surface area contributed by atoms with Crippen LogP contribution in [0.4, 0.5) is 0 Å². The Labute approximate surface area is 110 Å². The quantitative estimate of drug-likeness (QED) is 0.795. The molecule has 2 atom stereocenters. The van der Waals surface area contributed by atoms with E-state index in [4.69, 9.17) is 4.74 Å². The molecule has 0 aromatic heterocycles. The summed E-state index contributed by atoms with van der Waals surface area (Å²) in [6, 6.07) is 0. The Kier molecular flexibility index (Phi) is 4.62. The van der Waals surface area contributed by atoms with Gasteiger partial charge in [0.2, 0.25) is 5.91 Å². The molecule has 18 heavy (non-hydrogen) atoms. The van der Waals surface area contributed by atoms with E-state index >= 15 is 0 Å². The van der Waals surface area contributed by atoms with Gasteiger partial charge in [-0.05, 0) is 44.7 Å². The van der Waals surface area contributed by atoms with Gasteiger partial charge in [-0.2, -0.15) is 0 Å². The molecule has 4 heteroatoms. The Bertz CT molecular complexity index is 280. The third-order valence-electron chi connectivity index (χ3n) is 4.42. The summed E-state index contributed by atoms with van der Waals surface area (Å²) in [5.41, 5.74) is -0.286. The Morgan fingerprint density at radius 1 is 1.39 bits per heavy atom. The highest BCUT2D eigenvalue weighted by molar-refractivity contribution is 5.82. The van der Waals surface area contributed by atoms with Crippen LogP contribution in [0.3, 0.4) is 0 Å². The SMILES string of the molecule is CC(C)(C(=O)NCC1CCCO1)C1CCCNC1. The van der Waals surface area contributed by atoms with Crippen molar-refractivity contribution in [3.05, 3.63) is 0 Å². The maximum Gasteiger partial charge on any atom is 0.226 e. The van der Waals surface area contributed by atoms with Gasteiger partial charge in [0.05, 0.1) is 6.10 Å². The lowest BCUT2D eigenvalue weighted by atomic mass is 9.74. The molecule has 0 radical (unpaired) electrons. The number of amides is 1. The van der Waals surface area contributed by atoms with E-state index in [0.29, 0.717) is 12.5 Å². The highest BCUT2D eigenvalue weighted by Gasteiger charge is 2.37. The van der Waals surface area contributed by atoms with Gasteiger partial charge in [0.25, 0.3) is 0 Å². The number of nitrogens with one attached hydrogen (secondary N) is 2. The van der Waals surface area contributed by atoms with Crippen molar-refractivity contribution in [2.45, 2.75) is 45.6 Å². The summed E-state index contributed by atoms with van der Waals surface area (Å²) in [5, 5.41) is 6.46. The Balaban J connectivity index is 1.81. The van der Waals surface area contributed by atoms with Gasteiger partial charge in [0, 0.05) is 18.6 Å². The van der Waals surface area contributed by atoms with Crippen LogP contribution in [0.2, 0.25) is 0 Å². The second kappa shape index (κ2) is 6.02. The first-order chi connectivity index (χ1) is 8.60. The molecule has 2 aliphatic heterocycles. The minimum atomic E-state index is -0.286. The van der Waals surface area contributed by atoms with Crippen LogP contribution >= 0.6 is 0 Å². The van der Waals surface area contributed by atoms with Crippen LogP contribution in [0.1, 0.15) is 39.5 Å². The minimum absolute atomic E-state index is 0.173. The molecule has 104 valence electrons. The number of hydrogen-bond acceptors (Lipinski definition) is 3. The predicted octanol–water partition coefficient (Wildman–Crippen LogP) is 1.31. The number of carbonyl (C=O) groups excluding carboxylic acids is 1. The van der Waals surface area contributed by atoms with Gasteiger partial charge in [0.1, 0.15) is 0 Å². The fraction of sp³-hybridized carbons (Fsp3) is 0.929. The zero-order valence-electron chi connectivity index (χ0n) is 11.6. The Morgan fingerprint density at radius 2 is 2.22 bits per heavy atom. The van der Waals surface area contributed by atoms with Crippen molar-refractivity contribution in [2.75, 3.05) is 26.2 Å². The first kappa shape index (κ1) is 13.8. The van der Waals surface area contributed by atoms with E-state index in [1.54, 1.807) is 0 Å². The van der Waals surface area contributed by atoms with Crippen LogP contribution in [0.5, 0.6) is 0 Å². The molecule has 2 unspecified atom stereocenters. The van der Waals surface area contributed by atoms with Crippen molar-refractivity contribution in [3.8, 4) is 0 Å². The number of ether oxygens (including phenoxy) is 1. The molecular formula is C14H26N2O2. The lowest BCUT2D eigenvalue weighted by Gasteiger charge is -2.36. The van der Waals surface area contributed by atoms with Crippen LogP contribution in [-0.4, -0.2) is 38.3 Å². The molecule has 0 bridgehead atoms. The van der Waals surface area contributed by atoms with Gasteiger partial charge in [0.15, 0.2) is 0 Å². The van der Waals surface area contributed by atoms with Crippen LogP contribution in [0.25, 0.3) is 0 Å². The molecule has 0 aromatic rings. The summed E-state index contributed by atoms with van der Waals surface area (Å²) in [4.78, 5) is 12.3. The zero-order chi connectivity index (χ0) is 13.0. The Hall–Kier alpha value is -0.610. The van der Waals surface area contributed by atoms with Crippen molar-refractivity contribution in [3.63, 3.8) is 0 Å². The molecule has 2 heterocycles. The highest BCUT2D eigenvalue weighted by Crippen LogP contribution is 2.31. The number of hydrogen-bond donors (Lipinski definition) is 2. The lowest BCUT2D eigenvalue weighted by molar-refractivity contribution is -0.133. The highest BCUT2D eigenvalue weighted by atomic mass is 16.5. The second-order valence-corrected chi connectivity index (χ2v) is 6.11. The molecule has 2 N–H and O–H groups in total. The van der Waals surface area contributed by atoms with Crippen molar-refractivity contribution in [1.82, 2.24) is 10.6 Å². The summed E-state index contributed by atoms with van der Waals surface area (Å²) < 4.78 is 5.53. The molecule has 2 rings (SSSR count).